The van der Waals surface area contributed by atoms with E-state index >= 15 is 0 Å². The Bertz CT molecular complexity index is 596. The molecule has 2 aromatic heterocycles. The van der Waals surface area contributed by atoms with Crippen molar-refractivity contribution < 1.29 is 0 Å². The molecule has 3 rings (SSSR count). The first-order chi connectivity index (χ1) is 10.8. The van der Waals surface area contributed by atoms with Gasteiger partial charge in [0.15, 0.2) is 0 Å². The first-order valence-corrected chi connectivity index (χ1v) is 9.09. The molecule has 5 heteroatoms. The van der Waals surface area contributed by atoms with E-state index in [9.17, 15) is 0 Å². The molecule has 0 aromatic carbocycles. The maximum Gasteiger partial charge on any atom is 0.0969 e. The van der Waals surface area contributed by atoms with Gasteiger partial charge in [0.1, 0.15) is 0 Å². The van der Waals surface area contributed by atoms with Gasteiger partial charge in [-0.3, -0.25) is 9.67 Å². The van der Waals surface area contributed by atoms with E-state index in [1.807, 2.05) is 36.3 Å². The van der Waals surface area contributed by atoms with E-state index in [1.165, 1.54) is 30.6 Å². The summed E-state index contributed by atoms with van der Waals surface area (Å²) in [5.74, 6) is 1.23. The van der Waals surface area contributed by atoms with Gasteiger partial charge in [-0.15, -0.1) is 0 Å². The summed E-state index contributed by atoms with van der Waals surface area (Å²) in [5.41, 5.74) is 3.47. The van der Waals surface area contributed by atoms with Crippen LogP contribution in [-0.2, 0) is 13.6 Å². The molecule has 0 aliphatic heterocycles. The summed E-state index contributed by atoms with van der Waals surface area (Å²) in [6.07, 6.45) is 9.71. The lowest BCUT2D eigenvalue weighted by atomic mass is 10.1. The largest absolute Gasteiger partial charge is 0.310 e. The predicted molar refractivity (Wildman–Crippen MR) is 92.8 cm³/mol. The number of thioether (sulfide) groups is 1. The maximum atomic E-state index is 4.62. The highest BCUT2D eigenvalue weighted by Gasteiger charge is 2.24. The van der Waals surface area contributed by atoms with Crippen LogP contribution in [0.2, 0.25) is 0 Å². The molecule has 1 saturated carbocycles. The summed E-state index contributed by atoms with van der Waals surface area (Å²) >= 11 is 2.11. The number of nitrogens with one attached hydrogen (secondary N) is 1. The minimum atomic E-state index is 0.648. The van der Waals surface area contributed by atoms with Crippen molar-refractivity contribution in [3.8, 4) is 11.3 Å². The minimum Gasteiger partial charge on any atom is -0.310 e. The summed E-state index contributed by atoms with van der Waals surface area (Å²) in [6, 6.07) is 4.69. The standard InChI is InChI=1S/C17H24N4S/c1-3-22-16-5-4-15(10-16)19-11-14-12-21(2)20-17(14)13-6-8-18-9-7-13/h6-9,12,15-16,19H,3-5,10-11H2,1-2H3/t15-,16-/m1/s1. The zero-order valence-electron chi connectivity index (χ0n) is 13.3. The highest BCUT2D eigenvalue weighted by molar-refractivity contribution is 7.99. The quantitative estimate of drug-likeness (QED) is 0.888. The van der Waals surface area contributed by atoms with Gasteiger partial charge in [0.25, 0.3) is 0 Å². The third-order valence-corrected chi connectivity index (χ3v) is 5.46. The van der Waals surface area contributed by atoms with Crippen molar-refractivity contribution in [2.24, 2.45) is 7.05 Å². The molecule has 22 heavy (non-hydrogen) atoms. The van der Waals surface area contributed by atoms with Crippen molar-refractivity contribution in [3.05, 3.63) is 36.3 Å². The van der Waals surface area contributed by atoms with Crippen molar-refractivity contribution in [2.45, 2.75) is 44.0 Å². The molecule has 118 valence electrons. The van der Waals surface area contributed by atoms with Gasteiger partial charge in [0.05, 0.1) is 5.69 Å². The highest BCUT2D eigenvalue weighted by Crippen LogP contribution is 2.30. The molecule has 2 aromatic rings. The molecule has 0 spiro atoms. The minimum absolute atomic E-state index is 0.648. The lowest BCUT2D eigenvalue weighted by Gasteiger charge is -2.13. The number of aromatic nitrogens is 3. The number of aryl methyl sites for hydroxylation is 1. The molecule has 1 N–H and O–H groups in total. The van der Waals surface area contributed by atoms with Gasteiger partial charge in [0, 0.05) is 54.6 Å². The van der Waals surface area contributed by atoms with Gasteiger partial charge in [-0.2, -0.15) is 16.9 Å². The van der Waals surface area contributed by atoms with Crippen molar-refractivity contribution in [3.63, 3.8) is 0 Å². The van der Waals surface area contributed by atoms with Gasteiger partial charge >= 0.3 is 0 Å². The van der Waals surface area contributed by atoms with Crippen LogP contribution in [0.3, 0.4) is 0 Å². The number of nitrogens with zero attached hydrogens (tertiary/aromatic N) is 3. The Balaban J connectivity index is 1.64. The molecule has 2 heterocycles. The van der Waals surface area contributed by atoms with Gasteiger partial charge in [0.2, 0.25) is 0 Å². The average molecular weight is 316 g/mol. The first-order valence-electron chi connectivity index (χ1n) is 8.04. The second-order valence-electron chi connectivity index (χ2n) is 5.88. The van der Waals surface area contributed by atoms with E-state index in [-0.39, 0.29) is 0 Å². The Morgan fingerprint density at radius 1 is 1.32 bits per heavy atom. The van der Waals surface area contributed by atoms with Crippen molar-refractivity contribution in [1.82, 2.24) is 20.1 Å². The Labute approximate surface area is 136 Å². The monoisotopic (exact) mass is 316 g/mol. The second kappa shape index (κ2) is 7.29. The van der Waals surface area contributed by atoms with Crippen LogP contribution in [0.5, 0.6) is 0 Å². The smallest absolute Gasteiger partial charge is 0.0969 e. The summed E-state index contributed by atoms with van der Waals surface area (Å²) in [7, 11) is 1.98. The molecule has 2 atom stereocenters. The molecular weight excluding hydrogens is 292 g/mol. The number of rotatable bonds is 6. The van der Waals surface area contributed by atoms with E-state index in [2.05, 4.69) is 40.3 Å². The van der Waals surface area contributed by atoms with E-state index in [4.69, 9.17) is 0 Å². The lowest BCUT2D eigenvalue weighted by Crippen LogP contribution is -2.26. The Kier molecular flexibility index (Phi) is 5.16. The lowest BCUT2D eigenvalue weighted by molar-refractivity contribution is 0.525. The third-order valence-electron chi connectivity index (χ3n) is 4.23. The molecule has 0 bridgehead atoms. The molecule has 1 aliphatic rings. The van der Waals surface area contributed by atoms with E-state index in [0.717, 1.165) is 23.1 Å². The molecule has 0 amide bonds. The van der Waals surface area contributed by atoms with Crippen LogP contribution in [-0.4, -0.2) is 31.8 Å². The zero-order chi connectivity index (χ0) is 15.4. The van der Waals surface area contributed by atoms with Crippen LogP contribution in [0, 0.1) is 0 Å². The molecule has 4 nitrogen and oxygen atoms in total. The van der Waals surface area contributed by atoms with Crippen molar-refractivity contribution >= 4 is 11.8 Å². The summed E-state index contributed by atoms with van der Waals surface area (Å²) in [6.45, 7) is 3.14. The van der Waals surface area contributed by atoms with Crippen LogP contribution < -0.4 is 5.32 Å². The molecular formula is C17H24N4S. The van der Waals surface area contributed by atoms with Crippen molar-refractivity contribution in [1.29, 1.82) is 0 Å². The summed E-state index contributed by atoms with van der Waals surface area (Å²) in [4.78, 5) is 4.09. The first kappa shape index (κ1) is 15.6. The van der Waals surface area contributed by atoms with Gasteiger partial charge in [-0.1, -0.05) is 6.92 Å². The summed E-state index contributed by atoms with van der Waals surface area (Å²) < 4.78 is 1.90. The molecule has 1 fully saturated rings. The maximum absolute atomic E-state index is 4.62. The molecule has 0 unspecified atom stereocenters. The van der Waals surface area contributed by atoms with Crippen LogP contribution in [0.1, 0.15) is 31.7 Å². The fourth-order valence-corrected chi connectivity index (χ4v) is 4.33. The Hall–Kier alpha value is -1.33. The third kappa shape index (κ3) is 3.70. The van der Waals surface area contributed by atoms with E-state index in [0.29, 0.717) is 6.04 Å². The van der Waals surface area contributed by atoms with Crippen LogP contribution in [0.15, 0.2) is 30.7 Å². The van der Waals surface area contributed by atoms with Crippen LogP contribution in [0.4, 0.5) is 0 Å². The summed E-state index contributed by atoms with van der Waals surface area (Å²) in [5, 5.41) is 9.19. The van der Waals surface area contributed by atoms with E-state index < -0.39 is 0 Å². The Morgan fingerprint density at radius 3 is 2.91 bits per heavy atom. The number of hydrogen-bond acceptors (Lipinski definition) is 4. The number of hydrogen-bond donors (Lipinski definition) is 1. The highest BCUT2D eigenvalue weighted by atomic mass is 32.2. The normalized spacial score (nSPS) is 21.4. The molecule has 0 saturated heterocycles. The van der Waals surface area contributed by atoms with Gasteiger partial charge in [-0.05, 0) is 37.1 Å². The van der Waals surface area contributed by atoms with Crippen LogP contribution in [0.25, 0.3) is 11.3 Å². The molecule has 0 radical (unpaired) electrons. The second-order valence-corrected chi connectivity index (χ2v) is 7.46. The van der Waals surface area contributed by atoms with Gasteiger partial charge in [-0.25, -0.2) is 0 Å². The van der Waals surface area contributed by atoms with E-state index in [1.54, 1.807) is 0 Å². The fraction of sp³-hybridized carbons (Fsp3) is 0.529. The number of pyridine rings is 1. The predicted octanol–water partition coefficient (Wildman–Crippen LogP) is 3.25. The fourth-order valence-electron chi connectivity index (χ4n) is 3.19. The zero-order valence-corrected chi connectivity index (χ0v) is 14.1. The van der Waals surface area contributed by atoms with Crippen molar-refractivity contribution in [2.75, 3.05) is 5.75 Å². The van der Waals surface area contributed by atoms with Crippen LogP contribution >= 0.6 is 11.8 Å². The topological polar surface area (TPSA) is 42.7 Å². The SMILES string of the molecule is CCS[C@@H]1CC[C@@H](NCc2cn(C)nc2-c2ccncc2)C1. The average Bonchev–Trinajstić information content (AvgIpc) is 3.13. The van der Waals surface area contributed by atoms with Gasteiger partial charge < -0.3 is 5.32 Å². The molecule has 1 aliphatic carbocycles. The Morgan fingerprint density at radius 2 is 2.14 bits per heavy atom.